The van der Waals surface area contributed by atoms with Crippen LogP contribution in [0.25, 0.3) is 0 Å². The van der Waals surface area contributed by atoms with E-state index in [-0.39, 0.29) is 29.5 Å². The van der Waals surface area contributed by atoms with Crippen molar-refractivity contribution in [2.75, 3.05) is 9.80 Å². The third-order valence-electron chi connectivity index (χ3n) is 9.83. The van der Waals surface area contributed by atoms with Crippen LogP contribution < -0.4 is 9.80 Å². The number of benzene rings is 3. The molecule has 44 heavy (non-hydrogen) atoms. The number of fused-ring (bicyclic) bond motifs is 4. The fourth-order valence-corrected chi connectivity index (χ4v) is 8.25. The molecule has 2 saturated heterocycles. The van der Waals surface area contributed by atoms with Crippen LogP contribution in [-0.2, 0) is 19.2 Å². The molecule has 7 rings (SSSR count). The molecule has 2 aliphatic carbocycles. The van der Waals surface area contributed by atoms with Crippen molar-refractivity contribution in [1.29, 1.82) is 0 Å². The Balaban J connectivity index is 1.37. The fraction of sp³-hybridized carbons (Fsp3) is 0.273. The molecule has 224 valence electrons. The summed E-state index contributed by atoms with van der Waals surface area (Å²) in [5, 5.41) is 9.69. The number of rotatable bonds is 3. The molecule has 1 saturated carbocycles. The Morgan fingerprint density at radius 2 is 1.57 bits per heavy atom. The molecule has 7 nitrogen and oxygen atoms in total. The normalized spacial score (nSPS) is 29.5. The Morgan fingerprint density at radius 3 is 2.25 bits per heavy atom. The monoisotopic (exact) mass is 680 g/mol. The van der Waals surface area contributed by atoms with Gasteiger partial charge in [0.1, 0.15) is 5.82 Å². The van der Waals surface area contributed by atoms with Gasteiger partial charge < -0.3 is 5.11 Å². The van der Waals surface area contributed by atoms with E-state index in [1.54, 1.807) is 31.2 Å². The number of amides is 4. The van der Waals surface area contributed by atoms with Gasteiger partial charge in [-0.25, -0.2) is 13.7 Å². The van der Waals surface area contributed by atoms with Crippen LogP contribution in [-0.4, -0.2) is 28.7 Å². The maximum Gasteiger partial charge on any atom is 0.241 e. The van der Waals surface area contributed by atoms with Gasteiger partial charge in [0.2, 0.25) is 23.6 Å². The molecule has 2 aliphatic heterocycles. The molecule has 0 bridgehead atoms. The van der Waals surface area contributed by atoms with Crippen LogP contribution in [0.2, 0.25) is 5.02 Å². The first-order valence-electron chi connectivity index (χ1n) is 14.1. The van der Waals surface area contributed by atoms with Gasteiger partial charge in [0, 0.05) is 10.4 Å². The van der Waals surface area contributed by atoms with Gasteiger partial charge in [0.15, 0.2) is 11.6 Å². The first kappa shape index (κ1) is 28.9. The molecule has 2 heterocycles. The Kier molecular flexibility index (Phi) is 6.60. The van der Waals surface area contributed by atoms with Crippen molar-refractivity contribution in [3.63, 3.8) is 0 Å². The van der Waals surface area contributed by atoms with Crippen molar-refractivity contribution in [1.82, 2.24) is 0 Å². The highest BCUT2D eigenvalue weighted by Gasteiger charge is 2.67. The summed E-state index contributed by atoms with van der Waals surface area (Å²) in [6.07, 6.45) is 2.18. The van der Waals surface area contributed by atoms with E-state index in [9.17, 15) is 33.1 Å². The number of carbonyl (C=O) groups is 4. The predicted molar refractivity (Wildman–Crippen MR) is 161 cm³/mol. The quantitative estimate of drug-likeness (QED) is 0.251. The van der Waals surface area contributed by atoms with E-state index in [0.29, 0.717) is 16.8 Å². The lowest BCUT2D eigenvalue weighted by molar-refractivity contribution is -0.131. The number of halogens is 4. The first-order chi connectivity index (χ1) is 20.9. The van der Waals surface area contributed by atoms with Gasteiger partial charge in [-0.2, -0.15) is 0 Å². The molecular weight excluding hydrogens is 658 g/mol. The van der Waals surface area contributed by atoms with Crippen LogP contribution in [0.5, 0.6) is 5.75 Å². The van der Waals surface area contributed by atoms with Crippen molar-refractivity contribution >= 4 is 62.5 Å². The van der Waals surface area contributed by atoms with Crippen LogP contribution in [0.4, 0.5) is 20.2 Å². The maximum absolute atomic E-state index is 14.8. The number of anilines is 2. The fourth-order valence-electron chi connectivity index (χ4n) is 7.81. The van der Waals surface area contributed by atoms with Crippen molar-refractivity contribution in [2.45, 2.75) is 25.7 Å². The molecule has 4 aliphatic rings. The minimum atomic E-state index is -1.42. The molecular formula is C33H24BrClF2N2O5. The standard InChI is InChI=1S/C33H24BrClF2N2O5/c1-33-22(30(42)39(32(33)44)18-7-10-24(36)23(35)13-18)14-21-19(28(33)15-2-11-26(40)25(37)12-15)8-9-20-27(21)31(43)38(29(20)41)17-5-3-16(34)4-6-17/h2-8,10-13,20-22,27-28,40H,9,14H2,1H3/t20-,21+,22-,27-,28-,33+/m0/s1. The molecule has 4 amide bonds. The number of hydrogen-bond donors (Lipinski definition) is 1. The molecule has 1 N–H and O–H groups in total. The lowest BCUT2D eigenvalue weighted by atomic mass is 9.51. The number of phenols is 1. The average molecular weight is 682 g/mol. The molecule has 0 unspecified atom stereocenters. The number of nitrogens with zero attached hydrogens (tertiary/aromatic N) is 2. The average Bonchev–Trinajstić information content (AvgIpc) is 3.36. The van der Waals surface area contributed by atoms with Gasteiger partial charge in [0.25, 0.3) is 0 Å². The van der Waals surface area contributed by atoms with Crippen LogP contribution in [0.1, 0.15) is 31.2 Å². The number of phenolic OH excluding ortho intramolecular Hbond substituents is 1. The lowest BCUT2D eigenvalue weighted by Crippen LogP contribution is -2.48. The first-order valence-corrected chi connectivity index (χ1v) is 15.3. The molecule has 0 aromatic heterocycles. The number of carbonyl (C=O) groups excluding carboxylic acids is 4. The van der Waals surface area contributed by atoms with Crippen LogP contribution in [0, 0.1) is 40.7 Å². The number of hydrogen-bond acceptors (Lipinski definition) is 5. The topological polar surface area (TPSA) is 95.0 Å². The Morgan fingerprint density at radius 1 is 0.864 bits per heavy atom. The minimum Gasteiger partial charge on any atom is -0.505 e. The second kappa shape index (κ2) is 10.1. The molecule has 3 fully saturated rings. The molecule has 3 aromatic rings. The Labute approximate surface area is 264 Å². The highest BCUT2D eigenvalue weighted by atomic mass is 79.9. The number of allylic oxidation sites excluding steroid dienone is 2. The molecule has 6 atom stereocenters. The van der Waals surface area contributed by atoms with Crippen LogP contribution in [0.3, 0.4) is 0 Å². The zero-order valence-electron chi connectivity index (χ0n) is 23.1. The summed E-state index contributed by atoms with van der Waals surface area (Å²) in [6, 6.07) is 14.2. The summed E-state index contributed by atoms with van der Waals surface area (Å²) >= 11 is 9.39. The van der Waals surface area contributed by atoms with Crippen LogP contribution >= 0.6 is 27.5 Å². The van der Waals surface area contributed by atoms with Gasteiger partial charge in [0.05, 0.1) is 39.6 Å². The third-order valence-corrected chi connectivity index (χ3v) is 10.6. The summed E-state index contributed by atoms with van der Waals surface area (Å²) in [6.45, 7) is 1.65. The van der Waals surface area contributed by atoms with Gasteiger partial charge in [-0.1, -0.05) is 45.2 Å². The van der Waals surface area contributed by atoms with Crippen molar-refractivity contribution in [3.8, 4) is 5.75 Å². The number of aromatic hydroxyl groups is 1. The van der Waals surface area contributed by atoms with Crippen molar-refractivity contribution < 1.29 is 33.1 Å². The van der Waals surface area contributed by atoms with Crippen LogP contribution in [0.15, 0.2) is 76.8 Å². The van der Waals surface area contributed by atoms with E-state index in [1.807, 2.05) is 6.08 Å². The summed E-state index contributed by atoms with van der Waals surface area (Å²) in [5.74, 6) is -7.89. The zero-order chi connectivity index (χ0) is 31.2. The highest BCUT2D eigenvalue weighted by molar-refractivity contribution is 9.10. The SMILES string of the molecule is C[C@@]12C(=O)N(c3ccc(F)c(Cl)c3)C(=O)[C@@H]1C[C@@H]1C(=CC[C@@H]3C(=O)N(c4ccc(Br)cc4)C(=O)[C@@H]31)[C@@H]2c1ccc(O)c(F)c1. The third kappa shape index (κ3) is 3.96. The lowest BCUT2D eigenvalue weighted by Gasteiger charge is -2.49. The number of imide groups is 2. The van der Waals surface area contributed by atoms with Gasteiger partial charge >= 0.3 is 0 Å². The van der Waals surface area contributed by atoms with E-state index in [0.717, 1.165) is 21.5 Å². The smallest absolute Gasteiger partial charge is 0.241 e. The zero-order valence-corrected chi connectivity index (χ0v) is 25.5. The van der Waals surface area contributed by atoms with E-state index < -0.39 is 70.1 Å². The summed E-state index contributed by atoms with van der Waals surface area (Å²) < 4.78 is 29.6. The van der Waals surface area contributed by atoms with E-state index in [4.69, 9.17) is 11.6 Å². The second-order valence-corrected chi connectivity index (χ2v) is 13.3. The van der Waals surface area contributed by atoms with Crippen molar-refractivity contribution in [3.05, 3.63) is 99.0 Å². The summed E-state index contributed by atoms with van der Waals surface area (Å²) in [7, 11) is 0. The summed E-state index contributed by atoms with van der Waals surface area (Å²) in [4.78, 5) is 58.4. The highest BCUT2D eigenvalue weighted by Crippen LogP contribution is 2.63. The minimum absolute atomic E-state index is 0.0982. The molecule has 0 radical (unpaired) electrons. The largest absolute Gasteiger partial charge is 0.505 e. The van der Waals surface area contributed by atoms with E-state index in [1.165, 1.54) is 29.2 Å². The molecule has 3 aromatic carbocycles. The molecule has 11 heteroatoms. The predicted octanol–water partition coefficient (Wildman–Crippen LogP) is 6.52. The van der Waals surface area contributed by atoms with Gasteiger partial charge in [-0.3, -0.25) is 24.1 Å². The van der Waals surface area contributed by atoms with Crippen molar-refractivity contribution in [2.24, 2.45) is 29.1 Å². The van der Waals surface area contributed by atoms with Gasteiger partial charge in [-0.15, -0.1) is 0 Å². The van der Waals surface area contributed by atoms with E-state index >= 15 is 0 Å². The maximum atomic E-state index is 14.8. The molecule has 0 spiro atoms. The second-order valence-electron chi connectivity index (χ2n) is 12.0. The Bertz CT molecular complexity index is 1830. The Hall–Kier alpha value is -3.89. The van der Waals surface area contributed by atoms with E-state index in [2.05, 4.69) is 15.9 Å². The van der Waals surface area contributed by atoms with Gasteiger partial charge in [-0.05, 0) is 85.8 Å². The summed E-state index contributed by atoms with van der Waals surface area (Å²) in [5.41, 5.74) is 0.135.